The Morgan fingerprint density at radius 2 is 1.00 bits per heavy atom. The largest absolute Gasteiger partial charge is 0.306 e. The SMILES string of the molecule is CO[P+](Cl)(c1cc(C)cc(C)c1)c1cc(C)cc(C)c1. The molecule has 0 heterocycles. The lowest BCUT2D eigenvalue weighted by Crippen LogP contribution is -2.20. The van der Waals surface area contributed by atoms with Crippen LogP contribution in [0.15, 0.2) is 36.4 Å². The van der Waals surface area contributed by atoms with E-state index in [9.17, 15) is 0 Å². The maximum atomic E-state index is 6.95. The van der Waals surface area contributed by atoms with Gasteiger partial charge < -0.3 is 0 Å². The molecule has 106 valence electrons. The Morgan fingerprint density at radius 3 is 1.25 bits per heavy atom. The van der Waals surface area contributed by atoms with Crippen LogP contribution in [-0.2, 0) is 4.52 Å². The first kappa shape index (κ1) is 15.5. The molecular formula is C17H21ClOP+. The van der Waals surface area contributed by atoms with Gasteiger partial charge in [-0.15, -0.1) is 0 Å². The van der Waals surface area contributed by atoms with Crippen molar-refractivity contribution < 1.29 is 4.52 Å². The number of hydrogen-bond acceptors (Lipinski definition) is 1. The van der Waals surface area contributed by atoms with Crippen molar-refractivity contribution in [3.63, 3.8) is 0 Å². The maximum absolute atomic E-state index is 6.95. The van der Waals surface area contributed by atoms with E-state index >= 15 is 0 Å². The first-order valence-corrected chi connectivity index (χ1v) is 9.28. The van der Waals surface area contributed by atoms with Gasteiger partial charge in [0.2, 0.25) is 0 Å². The molecule has 0 amide bonds. The summed E-state index contributed by atoms with van der Waals surface area (Å²) in [5.41, 5.74) is 4.86. The molecule has 0 saturated carbocycles. The Bertz CT molecular complexity index is 545. The van der Waals surface area contributed by atoms with Gasteiger partial charge in [0.05, 0.1) is 7.11 Å². The lowest BCUT2D eigenvalue weighted by Gasteiger charge is -2.17. The lowest BCUT2D eigenvalue weighted by molar-refractivity contribution is 0.469. The summed E-state index contributed by atoms with van der Waals surface area (Å²) in [5, 5.41) is 2.17. The fourth-order valence-corrected chi connectivity index (χ4v) is 5.38. The molecule has 0 spiro atoms. The molecule has 0 aliphatic carbocycles. The Balaban J connectivity index is 2.63. The zero-order valence-corrected chi connectivity index (χ0v) is 14.3. The molecule has 0 bridgehead atoms. The van der Waals surface area contributed by atoms with Crippen molar-refractivity contribution in [3.8, 4) is 0 Å². The molecule has 0 aliphatic rings. The molecule has 0 fully saturated rings. The smallest absolute Gasteiger partial charge is 0.212 e. The van der Waals surface area contributed by atoms with Crippen LogP contribution < -0.4 is 10.6 Å². The Hall–Kier alpha value is -0.880. The molecule has 2 aromatic carbocycles. The highest BCUT2D eigenvalue weighted by Crippen LogP contribution is 2.62. The molecule has 0 radical (unpaired) electrons. The first-order chi connectivity index (χ1) is 9.35. The average Bonchev–Trinajstić information content (AvgIpc) is 2.35. The summed E-state index contributed by atoms with van der Waals surface area (Å²) in [4.78, 5) is 0. The van der Waals surface area contributed by atoms with E-state index in [1.165, 1.54) is 22.3 Å². The fraction of sp³-hybridized carbons (Fsp3) is 0.294. The molecule has 0 atom stereocenters. The molecule has 2 aromatic rings. The topological polar surface area (TPSA) is 9.23 Å². The van der Waals surface area contributed by atoms with E-state index in [-0.39, 0.29) is 0 Å². The van der Waals surface area contributed by atoms with Crippen LogP contribution in [0, 0.1) is 27.7 Å². The van der Waals surface area contributed by atoms with Crippen molar-refractivity contribution in [1.82, 2.24) is 0 Å². The second-order valence-corrected chi connectivity index (χ2v) is 9.30. The van der Waals surface area contributed by atoms with Crippen LogP contribution in [0.1, 0.15) is 22.3 Å². The molecule has 3 heteroatoms. The molecule has 0 unspecified atom stereocenters. The third kappa shape index (κ3) is 3.06. The van der Waals surface area contributed by atoms with Crippen molar-refractivity contribution in [3.05, 3.63) is 58.7 Å². The van der Waals surface area contributed by atoms with Crippen LogP contribution in [0.4, 0.5) is 0 Å². The van der Waals surface area contributed by atoms with Crippen LogP contribution in [0.5, 0.6) is 0 Å². The van der Waals surface area contributed by atoms with Crippen LogP contribution in [0.2, 0.25) is 0 Å². The van der Waals surface area contributed by atoms with Gasteiger partial charge in [-0.1, -0.05) is 12.1 Å². The van der Waals surface area contributed by atoms with Crippen molar-refractivity contribution in [2.75, 3.05) is 7.11 Å². The van der Waals surface area contributed by atoms with E-state index in [0.29, 0.717) is 0 Å². The zero-order chi connectivity index (χ0) is 14.9. The summed E-state index contributed by atoms with van der Waals surface area (Å²) in [6.07, 6.45) is 0. The summed E-state index contributed by atoms with van der Waals surface area (Å²) in [5.74, 6) is 0. The zero-order valence-electron chi connectivity index (χ0n) is 12.7. The normalized spacial score (nSPS) is 11.7. The number of benzene rings is 2. The summed E-state index contributed by atoms with van der Waals surface area (Å²) in [6.45, 7) is 6.08. The van der Waals surface area contributed by atoms with E-state index < -0.39 is 6.84 Å². The highest BCUT2D eigenvalue weighted by atomic mass is 35.7. The molecule has 0 saturated heterocycles. The highest BCUT2D eigenvalue weighted by Gasteiger charge is 2.44. The lowest BCUT2D eigenvalue weighted by atomic mass is 10.2. The van der Waals surface area contributed by atoms with Crippen molar-refractivity contribution >= 4 is 28.7 Å². The van der Waals surface area contributed by atoms with Gasteiger partial charge in [0.25, 0.3) is 0 Å². The molecule has 20 heavy (non-hydrogen) atoms. The van der Waals surface area contributed by atoms with E-state index in [0.717, 1.165) is 10.6 Å². The Kier molecular flexibility index (Phi) is 4.54. The van der Waals surface area contributed by atoms with E-state index in [1.54, 1.807) is 7.11 Å². The molecule has 1 nitrogen and oxygen atoms in total. The standard InChI is InChI=1S/C17H21ClOP/c1-12-6-13(2)9-16(8-12)20(18,19-5)17-10-14(3)7-15(4)11-17/h6-11H,1-5H3/q+1. The maximum Gasteiger partial charge on any atom is 0.306 e. The molecule has 0 N–H and O–H groups in total. The minimum Gasteiger partial charge on any atom is -0.212 e. The predicted molar refractivity (Wildman–Crippen MR) is 90.9 cm³/mol. The number of rotatable bonds is 3. The van der Waals surface area contributed by atoms with Crippen molar-refractivity contribution in [2.45, 2.75) is 27.7 Å². The van der Waals surface area contributed by atoms with Crippen LogP contribution >= 0.6 is 18.1 Å². The van der Waals surface area contributed by atoms with Gasteiger partial charge >= 0.3 is 6.84 Å². The van der Waals surface area contributed by atoms with Crippen LogP contribution in [-0.4, -0.2) is 7.11 Å². The summed E-state index contributed by atoms with van der Waals surface area (Å²) in [6, 6.07) is 12.8. The van der Waals surface area contributed by atoms with Gasteiger partial charge in [0.1, 0.15) is 21.8 Å². The Morgan fingerprint density at radius 1 is 0.700 bits per heavy atom. The molecule has 0 aliphatic heterocycles. The summed E-state index contributed by atoms with van der Waals surface area (Å²) >= 11 is 6.95. The monoisotopic (exact) mass is 307 g/mol. The van der Waals surface area contributed by atoms with Gasteiger partial charge in [-0.3, -0.25) is 0 Å². The van der Waals surface area contributed by atoms with E-state index in [1.807, 2.05) is 0 Å². The van der Waals surface area contributed by atoms with Gasteiger partial charge in [0, 0.05) is 0 Å². The third-order valence-electron chi connectivity index (χ3n) is 3.33. The van der Waals surface area contributed by atoms with Crippen molar-refractivity contribution in [1.29, 1.82) is 0 Å². The first-order valence-electron chi connectivity index (χ1n) is 6.67. The minimum atomic E-state index is -2.29. The van der Waals surface area contributed by atoms with Gasteiger partial charge in [-0.2, -0.15) is 0 Å². The second kappa shape index (κ2) is 5.85. The third-order valence-corrected chi connectivity index (χ3v) is 7.26. The number of aryl methyl sites for hydroxylation is 4. The van der Waals surface area contributed by atoms with Crippen molar-refractivity contribution in [2.24, 2.45) is 0 Å². The minimum absolute atomic E-state index is 1.09. The molecule has 0 aromatic heterocycles. The Labute approximate surface area is 127 Å². The second-order valence-electron chi connectivity index (χ2n) is 5.41. The van der Waals surface area contributed by atoms with Crippen LogP contribution in [0.3, 0.4) is 0 Å². The molecular weight excluding hydrogens is 287 g/mol. The highest BCUT2D eigenvalue weighted by molar-refractivity contribution is 8.06. The summed E-state index contributed by atoms with van der Waals surface area (Å²) in [7, 11) is 1.70. The number of hydrogen-bond donors (Lipinski definition) is 0. The fourth-order valence-electron chi connectivity index (χ4n) is 2.59. The van der Waals surface area contributed by atoms with Gasteiger partial charge in [-0.25, -0.2) is 4.52 Å². The average molecular weight is 308 g/mol. The summed E-state index contributed by atoms with van der Waals surface area (Å²) < 4.78 is 5.81. The quantitative estimate of drug-likeness (QED) is 0.753. The number of halogens is 1. The molecule has 2 rings (SSSR count). The van der Waals surface area contributed by atoms with Gasteiger partial charge in [0.15, 0.2) is 0 Å². The van der Waals surface area contributed by atoms with Crippen LogP contribution in [0.25, 0.3) is 0 Å². The predicted octanol–water partition coefficient (Wildman–Crippen LogP) is 4.60. The van der Waals surface area contributed by atoms with Gasteiger partial charge in [-0.05, 0) is 74.2 Å². The van der Waals surface area contributed by atoms with E-state index in [2.05, 4.69) is 64.1 Å². The van der Waals surface area contributed by atoms with E-state index in [4.69, 9.17) is 15.8 Å².